The van der Waals surface area contributed by atoms with Crippen molar-refractivity contribution >= 4 is 38.5 Å². The topological polar surface area (TPSA) is 103 Å². The van der Waals surface area contributed by atoms with Crippen LogP contribution in [0.1, 0.15) is 39.0 Å². The average molecular weight is 424 g/mol. The standard InChI is InChI=1S/C19H25N3O4S2/c1-2-12-26-16-7-3-14(4-8-16)18(23)21-15-5-9-17(10-6-15)28(24,25)22-19-20-11-13-27-19/h5-6,9-11,13-14,16H,2-4,7-8,12H2,1H3,(H2-,20,21,22,23,24,25). The van der Waals surface area contributed by atoms with Gasteiger partial charge in [0, 0.05) is 29.8 Å². The zero-order valence-electron chi connectivity index (χ0n) is 15.8. The Bertz CT molecular complexity index is 803. The van der Waals surface area contributed by atoms with Gasteiger partial charge in [-0.3, -0.25) is 4.79 Å². The number of benzene rings is 1. The Morgan fingerprint density at radius 2 is 2.00 bits per heavy atom. The van der Waals surface area contributed by atoms with E-state index in [-0.39, 0.29) is 22.8 Å². The van der Waals surface area contributed by atoms with Crippen LogP contribution in [-0.2, 0) is 24.1 Å². The highest BCUT2D eigenvalue weighted by Crippen LogP contribution is 2.28. The number of anilines is 2. The van der Waals surface area contributed by atoms with Crippen molar-refractivity contribution in [2.75, 3.05) is 16.6 Å². The summed E-state index contributed by atoms with van der Waals surface area (Å²) >= 11 is 1.21. The Kier molecular flexibility index (Phi) is 7.17. The normalized spacial score (nSPS) is 21.6. The number of amides is 1. The van der Waals surface area contributed by atoms with E-state index in [4.69, 9.17) is 4.74 Å². The van der Waals surface area contributed by atoms with Crippen molar-refractivity contribution in [3.63, 3.8) is 0 Å². The Morgan fingerprint density at radius 1 is 1.29 bits per heavy atom. The van der Waals surface area contributed by atoms with Crippen molar-refractivity contribution in [1.29, 1.82) is 0 Å². The van der Waals surface area contributed by atoms with Gasteiger partial charge in [-0.05, 0) is 56.4 Å². The summed E-state index contributed by atoms with van der Waals surface area (Å²) < 4.78 is 32.9. The molecule has 3 rings (SSSR count). The van der Waals surface area contributed by atoms with E-state index in [1.165, 1.54) is 29.7 Å². The van der Waals surface area contributed by atoms with Gasteiger partial charge in [-0.15, -0.1) is 11.3 Å². The van der Waals surface area contributed by atoms with Gasteiger partial charge in [0.25, 0.3) is 0 Å². The van der Waals surface area contributed by atoms with Gasteiger partial charge in [0.15, 0.2) is 15.3 Å². The van der Waals surface area contributed by atoms with E-state index >= 15 is 0 Å². The van der Waals surface area contributed by atoms with Crippen molar-refractivity contribution in [2.24, 2.45) is 5.92 Å². The van der Waals surface area contributed by atoms with Gasteiger partial charge >= 0.3 is 0 Å². The molecule has 0 radical (unpaired) electrons. The summed E-state index contributed by atoms with van der Waals surface area (Å²) in [6.45, 7) is 2.86. The summed E-state index contributed by atoms with van der Waals surface area (Å²) in [5.41, 5.74) is 0.586. The molecule has 1 aromatic carbocycles. The highest BCUT2D eigenvalue weighted by Gasteiger charge is 2.27. The Hall–Kier alpha value is -1.81. The first-order valence-corrected chi connectivity index (χ1v) is 11.8. The van der Waals surface area contributed by atoms with Crippen LogP contribution in [0.4, 0.5) is 10.8 Å². The van der Waals surface area contributed by atoms with E-state index in [1.54, 1.807) is 17.5 Å². The lowest BCUT2D eigenvalue weighted by Gasteiger charge is -2.27. The lowest BCUT2D eigenvalue weighted by atomic mass is 9.86. The number of nitrogens with zero attached hydrogens (tertiary/aromatic N) is 1. The fraction of sp³-hybridized carbons (Fsp3) is 0.474. The molecule has 152 valence electrons. The maximum absolute atomic E-state index is 12.5. The van der Waals surface area contributed by atoms with Gasteiger partial charge in [-0.25, -0.2) is 4.98 Å². The Balaban J connectivity index is 1.53. The fourth-order valence-corrected chi connectivity index (χ4v) is 4.97. The molecule has 28 heavy (non-hydrogen) atoms. The maximum atomic E-state index is 12.5. The number of hydrogen-bond donors (Lipinski definition) is 2. The van der Waals surface area contributed by atoms with Crippen LogP contribution in [0.3, 0.4) is 0 Å². The predicted molar refractivity (Wildman–Crippen MR) is 110 cm³/mol. The molecule has 1 saturated carbocycles. The third kappa shape index (κ3) is 5.60. The summed E-state index contributed by atoms with van der Waals surface area (Å²) in [5.74, 6) is -0.0538. The molecule has 1 fully saturated rings. The zero-order chi connectivity index (χ0) is 20.0. The first-order valence-electron chi connectivity index (χ1n) is 9.43. The van der Waals surface area contributed by atoms with Crippen LogP contribution in [0, 0.1) is 5.92 Å². The minimum atomic E-state index is -3.69. The second-order valence-corrected chi connectivity index (χ2v) is 9.38. The van der Waals surface area contributed by atoms with Crippen molar-refractivity contribution in [3.8, 4) is 0 Å². The number of nitrogens with one attached hydrogen (secondary N) is 2. The van der Waals surface area contributed by atoms with E-state index in [0.29, 0.717) is 10.8 Å². The number of ether oxygens (including phenoxy) is 1. The van der Waals surface area contributed by atoms with Crippen LogP contribution in [0.15, 0.2) is 40.7 Å². The molecular formula is C19H25N3O4S2. The molecule has 1 atom stereocenters. The second-order valence-electron chi connectivity index (χ2n) is 6.80. The largest absolute Gasteiger partial charge is 0.588 e. The lowest BCUT2D eigenvalue weighted by molar-refractivity contribution is -0.121. The molecule has 1 aromatic heterocycles. The number of aromatic nitrogens is 1. The van der Waals surface area contributed by atoms with E-state index in [9.17, 15) is 13.6 Å². The van der Waals surface area contributed by atoms with E-state index in [2.05, 4.69) is 21.9 Å². The molecule has 9 heteroatoms. The van der Waals surface area contributed by atoms with Gasteiger partial charge < -0.3 is 14.6 Å². The van der Waals surface area contributed by atoms with Crippen LogP contribution in [0.5, 0.6) is 0 Å². The molecule has 7 nitrogen and oxygen atoms in total. The van der Waals surface area contributed by atoms with E-state index in [1.807, 2.05) is 0 Å². The molecule has 0 saturated heterocycles. The molecule has 1 unspecified atom stereocenters. The highest BCUT2D eigenvalue weighted by molar-refractivity contribution is 7.99. The quantitative estimate of drug-likeness (QED) is 0.623. The van der Waals surface area contributed by atoms with Crippen molar-refractivity contribution < 1.29 is 18.3 Å². The molecule has 0 aliphatic heterocycles. The number of carbonyl (C=O) groups excluding carboxylic acids is 1. The average Bonchev–Trinajstić information content (AvgIpc) is 3.19. The molecule has 1 aliphatic carbocycles. The minimum absolute atomic E-state index is 0.0227. The first-order chi connectivity index (χ1) is 13.5. The number of rotatable bonds is 8. The smallest absolute Gasteiger partial charge is 0.227 e. The molecular weight excluding hydrogens is 398 g/mol. The van der Waals surface area contributed by atoms with Crippen LogP contribution < -0.4 is 10.0 Å². The van der Waals surface area contributed by atoms with Gasteiger partial charge in [-0.1, -0.05) is 11.1 Å². The van der Waals surface area contributed by atoms with E-state index < -0.39 is 10.4 Å². The van der Waals surface area contributed by atoms with E-state index in [0.717, 1.165) is 38.7 Å². The molecule has 1 heterocycles. The van der Waals surface area contributed by atoms with Gasteiger partial charge in [0.1, 0.15) is 0 Å². The van der Waals surface area contributed by atoms with Crippen molar-refractivity contribution in [3.05, 3.63) is 35.8 Å². The summed E-state index contributed by atoms with van der Waals surface area (Å²) in [4.78, 5) is 16.5. The summed E-state index contributed by atoms with van der Waals surface area (Å²) in [7, 11) is -3.69. The lowest BCUT2D eigenvalue weighted by Crippen LogP contribution is -2.30. The first kappa shape index (κ1) is 20.9. The predicted octanol–water partition coefficient (Wildman–Crippen LogP) is 4.08. The molecule has 2 aromatic rings. The fourth-order valence-electron chi connectivity index (χ4n) is 3.19. The van der Waals surface area contributed by atoms with Crippen LogP contribution >= 0.6 is 11.3 Å². The maximum Gasteiger partial charge on any atom is 0.227 e. The van der Waals surface area contributed by atoms with Gasteiger partial charge in [0.2, 0.25) is 11.0 Å². The van der Waals surface area contributed by atoms with Gasteiger partial charge in [0.05, 0.1) is 6.10 Å². The third-order valence-electron chi connectivity index (χ3n) is 4.69. The summed E-state index contributed by atoms with van der Waals surface area (Å²) in [6.07, 6.45) is 6.22. The van der Waals surface area contributed by atoms with Crippen LogP contribution in [0.25, 0.3) is 0 Å². The highest BCUT2D eigenvalue weighted by atomic mass is 32.3. The number of hydrogen-bond acceptors (Lipinski definition) is 6. The monoisotopic (exact) mass is 423 g/mol. The molecule has 0 spiro atoms. The van der Waals surface area contributed by atoms with Gasteiger partial charge in [-0.2, -0.15) is 4.72 Å². The molecule has 2 N–H and O–H groups in total. The van der Waals surface area contributed by atoms with Crippen molar-refractivity contribution in [2.45, 2.75) is 50.0 Å². The molecule has 1 aliphatic rings. The number of sulfonamides is 1. The summed E-state index contributed by atoms with van der Waals surface area (Å²) in [6, 6.07) is 6.15. The number of thiazole rings is 1. The minimum Gasteiger partial charge on any atom is -0.588 e. The Labute approximate surface area is 170 Å². The molecule has 1 amide bonds. The summed E-state index contributed by atoms with van der Waals surface area (Å²) in [5, 5.41) is 4.90. The van der Waals surface area contributed by atoms with Crippen molar-refractivity contribution in [1.82, 2.24) is 4.98 Å². The third-order valence-corrected chi connectivity index (χ3v) is 6.86. The second kappa shape index (κ2) is 9.60. The number of carbonyl (C=O) groups is 1. The zero-order valence-corrected chi connectivity index (χ0v) is 17.4. The Morgan fingerprint density at radius 3 is 2.61 bits per heavy atom. The molecule has 0 bridgehead atoms. The van der Waals surface area contributed by atoms with Crippen LogP contribution in [0.2, 0.25) is 0 Å². The SMILES string of the molecule is CCCOC1CCC(C(=O)Nc2ccc([S+](=O)([O-])Nc3nccs3)cc2)CC1. The van der Waals surface area contributed by atoms with Crippen LogP contribution in [-0.4, -0.2) is 28.2 Å².